The van der Waals surface area contributed by atoms with Gasteiger partial charge in [0.2, 0.25) is 5.91 Å². The molecule has 1 aromatic heterocycles. The Bertz CT molecular complexity index is 654. The predicted molar refractivity (Wildman–Crippen MR) is 87.7 cm³/mol. The van der Waals surface area contributed by atoms with Gasteiger partial charge < -0.3 is 15.0 Å². The summed E-state index contributed by atoms with van der Waals surface area (Å²) >= 11 is 0. The van der Waals surface area contributed by atoms with Crippen molar-refractivity contribution < 1.29 is 9.90 Å². The minimum Gasteiger partial charge on any atom is -0.383 e. The van der Waals surface area contributed by atoms with Crippen molar-refractivity contribution in [3.63, 3.8) is 0 Å². The lowest BCUT2D eigenvalue weighted by Gasteiger charge is -2.34. The Hall–Kier alpha value is -2.14. The zero-order chi connectivity index (χ0) is 16.1. The molecule has 1 aliphatic carbocycles. The number of aliphatic hydroxyl groups is 1. The number of carbonyl (C=O) groups is 1. The van der Waals surface area contributed by atoms with E-state index in [1.165, 1.54) is 5.56 Å². The van der Waals surface area contributed by atoms with Gasteiger partial charge >= 0.3 is 0 Å². The van der Waals surface area contributed by atoms with E-state index >= 15 is 0 Å². The van der Waals surface area contributed by atoms with E-state index < -0.39 is 5.60 Å². The summed E-state index contributed by atoms with van der Waals surface area (Å²) in [4.78, 5) is 16.0. The van der Waals surface area contributed by atoms with Crippen LogP contribution in [0.2, 0.25) is 0 Å². The fourth-order valence-corrected chi connectivity index (χ4v) is 3.26. The molecule has 0 saturated carbocycles. The monoisotopic (exact) mass is 313 g/mol. The van der Waals surface area contributed by atoms with E-state index in [2.05, 4.69) is 16.4 Å². The van der Waals surface area contributed by atoms with Crippen molar-refractivity contribution in [1.29, 1.82) is 0 Å². The standard InChI is InChI=1S/C18H23N3O2/c22-17(8-4-11-21-12-10-19-14-21)20-13-18(23)9-3-6-15-5-1-2-7-16(15)18/h1-2,5,7,10,12,14,23H,3-4,6,8-9,11,13H2,(H,20,22)/t18-/m0/s1. The summed E-state index contributed by atoms with van der Waals surface area (Å²) in [6, 6.07) is 7.98. The van der Waals surface area contributed by atoms with Gasteiger partial charge in [-0.25, -0.2) is 4.98 Å². The van der Waals surface area contributed by atoms with Gasteiger partial charge in [0.05, 0.1) is 12.9 Å². The molecule has 0 radical (unpaired) electrons. The smallest absolute Gasteiger partial charge is 0.220 e. The van der Waals surface area contributed by atoms with Crippen molar-refractivity contribution in [3.8, 4) is 0 Å². The molecule has 0 aliphatic heterocycles. The third-order valence-corrected chi connectivity index (χ3v) is 4.51. The molecule has 3 rings (SSSR count). The number of nitrogens with one attached hydrogen (secondary N) is 1. The number of fused-ring (bicyclic) bond motifs is 1. The van der Waals surface area contributed by atoms with Crippen LogP contribution in [-0.2, 0) is 23.4 Å². The van der Waals surface area contributed by atoms with Crippen LogP contribution in [0, 0.1) is 0 Å². The molecule has 0 saturated heterocycles. The van der Waals surface area contributed by atoms with Crippen LogP contribution >= 0.6 is 0 Å². The molecule has 0 bridgehead atoms. The molecule has 2 aromatic rings. The van der Waals surface area contributed by atoms with E-state index in [0.29, 0.717) is 12.8 Å². The summed E-state index contributed by atoms with van der Waals surface area (Å²) in [5.41, 5.74) is 1.22. The zero-order valence-corrected chi connectivity index (χ0v) is 13.2. The van der Waals surface area contributed by atoms with Crippen LogP contribution in [0.15, 0.2) is 43.0 Å². The summed E-state index contributed by atoms with van der Waals surface area (Å²) in [5.74, 6) is -0.0124. The summed E-state index contributed by atoms with van der Waals surface area (Å²) in [6.07, 6.45) is 9.23. The minimum absolute atomic E-state index is 0.0124. The lowest BCUT2D eigenvalue weighted by Crippen LogP contribution is -2.43. The summed E-state index contributed by atoms with van der Waals surface area (Å²) < 4.78 is 1.96. The lowest BCUT2D eigenvalue weighted by atomic mass is 9.79. The van der Waals surface area contributed by atoms with Crippen molar-refractivity contribution in [2.24, 2.45) is 0 Å². The number of aryl methyl sites for hydroxylation is 2. The van der Waals surface area contributed by atoms with E-state index in [4.69, 9.17) is 0 Å². The first kappa shape index (κ1) is 15.7. The highest BCUT2D eigenvalue weighted by molar-refractivity contribution is 5.75. The number of hydrogen-bond donors (Lipinski definition) is 2. The maximum atomic E-state index is 12.0. The number of nitrogens with zero attached hydrogens (tertiary/aromatic N) is 2. The Morgan fingerprint density at radius 3 is 3.09 bits per heavy atom. The second-order valence-corrected chi connectivity index (χ2v) is 6.22. The molecule has 2 N–H and O–H groups in total. The molecule has 5 heteroatoms. The Kier molecular flexibility index (Phi) is 4.76. The Morgan fingerprint density at radius 1 is 1.39 bits per heavy atom. The Balaban J connectivity index is 1.50. The van der Waals surface area contributed by atoms with Crippen LogP contribution in [0.1, 0.15) is 36.8 Å². The van der Waals surface area contributed by atoms with E-state index in [9.17, 15) is 9.90 Å². The first-order chi connectivity index (χ1) is 11.2. The van der Waals surface area contributed by atoms with E-state index in [1.807, 2.05) is 29.0 Å². The SMILES string of the molecule is O=C(CCCn1ccnc1)NC[C@@]1(O)CCCc2ccccc21. The highest BCUT2D eigenvalue weighted by atomic mass is 16.3. The second-order valence-electron chi connectivity index (χ2n) is 6.22. The first-order valence-electron chi connectivity index (χ1n) is 8.21. The van der Waals surface area contributed by atoms with Gasteiger partial charge in [-0.2, -0.15) is 0 Å². The number of aromatic nitrogens is 2. The molecular formula is C18H23N3O2. The van der Waals surface area contributed by atoms with Gasteiger partial charge in [-0.05, 0) is 36.8 Å². The molecule has 1 amide bonds. The molecule has 5 nitrogen and oxygen atoms in total. The van der Waals surface area contributed by atoms with Gasteiger partial charge in [0.15, 0.2) is 0 Å². The molecule has 0 unspecified atom stereocenters. The number of hydrogen-bond acceptors (Lipinski definition) is 3. The second kappa shape index (κ2) is 6.96. The van der Waals surface area contributed by atoms with Crippen LogP contribution in [0.4, 0.5) is 0 Å². The summed E-state index contributed by atoms with van der Waals surface area (Å²) in [6.45, 7) is 1.06. The Labute approximate surface area is 136 Å². The van der Waals surface area contributed by atoms with Crippen molar-refractivity contribution in [3.05, 3.63) is 54.1 Å². The number of benzene rings is 1. The molecule has 0 spiro atoms. The molecule has 122 valence electrons. The summed E-state index contributed by atoms with van der Waals surface area (Å²) in [7, 11) is 0. The fourth-order valence-electron chi connectivity index (χ4n) is 3.26. The maximum Gasteiger partial charge on any atom is 0.220 e. The highest BCUT2D eigenvalue weighted by Crippen LogP contribution is 2.34. The highest BCUT2D eigenvalue weighted by Gasteiger charge is 2.34. The summed E-state index contributed by atoms with van der Waals surface area (Å²) in [5, 5.41) is 13.8. The van der Waals surface area contributed by atoms with E-state index in [0.717, 1.165) is 31.4 Å². The maximum absolute atomic E-state index is 12.0. The van der Waals surface area contributed by atoms with Crippen molar-refractivity contribution >= 4 is 5.91 Å². The van der Waals surface area contributed by atoms with Gasteiger partial charge in [0, 0.05) is 25.4 Å². The van der Waals surface area contributed by atoms with Crippen LogP contribution in [0.3, 0.4) is 0 Å². The van der Waals surface area contributed by atoms with E-state index in [-0.39, 0.29) is 12.5 Å². The van der Waals surface area contributed by atoms with Crippen LogP contribution in [-0.4, -0.2) is 27.1 Å². The molecule has 1 atom stereocenters. The topological polar surface area (TPSA) is 67.2 Å². The van der Waals surface area contributed by atoms with Gasteiger partial charge in [-0.15, -0.1) is 0 Å². The Morgan fingerprint density at radius 2 is 2.26 bits per heavy atom. The number of imidazole rings is 1. The quantitative estimate of drug-likeness (QED) is 0.857. The van der Waals surface area contributed by atoms with Crippen LogP contribution < -0.4 is 5.32 Å². The van der Waals surface area contributed by atoms with Gasteiger partial charge in [0.25, 0.3) is 0 Å². The first-order valence-corrected chi connectivity index (χ1v) is 8.21. The van der Waals surface area contributed by atoms with E-state index in [1.54, 1.807) is 12.5 Å². The van der Waals surface area contributed by atoms with Crippen LogP contribution in [0.5, 0.6) is 0 Å². The average molecular weight is 313 g/mol. The van der Waals surface area contributed by atoms with Crippen molar-refractivity contribution in [1.82, 2.24) is 14.9 Å². The minimum atomic E-state index is -0.936. The largest absolute Gasteiger partial charge is 0.383 e. The number of amides is 1. The number of carbonyl (C=O) groups excluding carboxylic acids is 1. The molecule has 1 heterocycles. The molecule has 23 heavy (non-hydrogen) atoms. The van der Waals surface area contributed by atoms with Gasteiger partial charge in [0.1, 0.15) is 5.60 Å². The normalized spacial score (nSPS) is 20.0. The third-order valence-electron chi connectivity index (χ3n) is 4.51. The zero-order valence-electron chi connectivity index (χ0n) is 13.2. The number of rotatable bonds is 6. The van der Waals surface area contributed by atoms with Gasteiger partial charge in [-0.3, -0.25) is 4.79 Å². The van der Waals surface area contributed by atoms with Crippen molar-refractivity contribution in [2.45, 2.75) is 44.2 Å². The molecule has 1 aliphatic rings. The third kappa shape index (κ3) is 3.79. The molecular weight excluding hydrogens is 290 g/mol. The molecule has 0 fully saturated rings. The average Bonchev–Trinajstić information content (AvgIpc) is 3.07. The van der Waals surface area contributed by atoms with Crippen LogP contribution in [0.25, 0.3) is 0 Å². The van der Waals surface area contributed by atoms with Gasteiger partial charge in [-0.1, -0.05) is 24.3 Å². The lowest BCUT2D eigenvalue weighted by molar-refractivity contribution is -0.122. The fraction of sp³-hybridized carbons (Fsp3) is 0.444. The predicted octanol–water partition coefficient (Wildman–Crippen LogP) is 2.00. The molecule has 1 aromatic carbocycles. The van der Waals surface area contributed by atoms with Crippen molar-refractivity contribution in [2.75, 3.05) is 6.54 Å².